The first kappa shape index (κ1) is 11.1. The van der Waals surface area contributed by atoms with Gasteiger partial charge in [-0.15, -0.1) is 0 Å². The first-order chi connectivity index (χ1) is 6.59. The lowest BCUT2D eigenvalue weighted by Gasteiger charge is -2.05. The van der Waals surface area contributed by atoms with Crippen molar-refractivity contribution in [3.8, 4) is 5.88 Å². The summed E-state index contributed by atoms with van der Waals surface area (Å²) in [5.74, 6) is -0.845. The number of halogens is 1. The molecule has 1 aromatic heterocycles. The molecule has 0 aliphatic heterocycles. The number of hydrogen-bond donors (Lipinski definition) is 0. The van der Waals surface area contributed by atoms with Gasteiger partial charge in [0, 0.05) is 17.8 Å². The molecule has 0 aliphatic carbocycles. The summed E-state index contributed by atoms with van der Waals surface area (Å²) in [4.78, 5) is 14.7. The average molecular weight is 215 g/mol. The summed E-state index contributed by atoms with van der Waals surface area (Å²) in [7, 11) is 1.98. The third-order valence-corrected chi connectivity index (χ3v) is 1.73. The lowest BCUT2D eigenvalue weighted by atomic mass is 10.2. The molecule has 0 amide bonds. The molecule has 2 atom stereocenters. The van der Waals surface area contributed by atoms with Gasteiger partial charge in [-0.1, -0.05) is 9.24 Å². The van der Waals surface area contributed by atoms with Crippen LogP contribution in [0, 0.1) is 0 Å². The van der Waals surface area contributed by atoms with Gasteiger partial charge >= 0.3 is 0 Å². The number of carbonyl (C=O) groups is 1. The molecule has 0 spiro atoms. The van der Waals surface area contributed by atoms with E-state index in [2.05, 4.69) is 4.98 Å². The number of hydrogen-bond acceptors (Lipinski definition) is 3. The van der Waals surface area contributed by atoms with Crippen LogP contribution in [0.15, 0.2) is 18.3 Å². The number of Topliss-reactive ketones (excluding diaryl/α,β-unsaturated/α-hetero) is 1. The van der Waals surface area contributed by atoms with Gasteiger partial charge in [0.15, 0.2) is 5.78 Å². The molecular weight excluding hydrogens is 204 g/mol. The van der Waals surface area contributed by atoms with Gasteiger partial charge in [-0.25, -0.2) is 9.37 Å². The van der Waals surface area contributed by atoms with Crippen molar-refractivity contribution < 1.29 is 13.9 Å². The minimum atomic E-state index is -1.11. The lowest BCUT2D eigenvalue weighted by molar-refractivity contribution is 0.101. The van der Waals surface area contributed by atoms with Crippen LogP contribution in [0.25, 0.3) is 0 Å². The summed E-state index contributed by atoms with van der Waals surface area (Å²) in [6, 6.07) is 3.14. The van der Waals surface area contributed by atoms with Gasteiger partial charge in [0.1, 0.15) is 12.5 Å². The molecule has 76 valence electrons. The molecule has 0 saturated heterocycles. The zero-order chi connectivity index (χ0) is 10.6. The number of rotatable bonds is 4. The molecule has 0 aliphatic rings. The Kier molecular flexibility index (Phi) is 3.96. The molecular formula is C9H11FNO2P. The highest BCUT2D eigenvalue weighted by Gasteiger charge is 2.02. The number of ketones is 1. The van der Waals surface area contributed by atoms with Crippen molar-refractivity contribution in [2.24, 2.45) is 0 Å². The fourth-order valence-corrected chi connectivity index (χ4v) is 0.935. The van der Waals surface area contributed by atoms with Gasteiger partial charge in [-0.2, -0.15) is 0 Å². The van der Waals surface area contributed by atoms with E-state index >= 15 is 0 Å². The Morgan fingerprint density at radius 2 is 2.43 bits per heavy atom. The number of ether oxygens (including phenoxy) is 1. The minimum Gasteiger partial charge on any atom is -0.474 e. The fourth-order valence-electron chi connectivity index (χ4n) is 0.839. The van der Waals surface area contributed by atoms with Crippen LogP contribution >= 0.6 is 9.24 Å². The second kappa shape index (κ2) is 5.01. The standard InChI is InChI=1S/C9H11FNO2P/c1-6(12)7-2-3-9(11-4-7)13-5-8(10)14/h2-4,8H,5,14H2,1H3. The number of alkyl halides is 1. The van der Waals surface area contributed by atoms with Crippen molar-refractivity contribution in [1.82, 2.24) is 4.98 Å². The number of nitrogens with zero attached hydrogens (tertiary/aromatic N) is 1. The molecule has 2 unspecified atom stereocenters. The predicted octanol–water partition coefficient (Wildman–Crippen LogP) is 1.83. The molecule has 0 N–H and O–H groups in total. The molecule has 0 aromatic carbocycles. The summed E-state index contributed by atoms with van der Waals surface area (Å²) < 4.78 is 17.3. The second-order valence-electron chi connectivity index (χ2n) is 2.77. The van der Waals surface area contributed by atoms with E-state index in [4.69, 9.17) is 4.74 Å². The first-order valence-corrected chi connectivity index (χ1v) is 4.75. The molecule has 1 heterocycles. The summed E-state index contributed by atoms with van der Waals surface area (Å²) in [5, 5.41) is 0. The van der Waals surface area contributed by atoms with Crippen LogP contribution in [0.1, 0.15) is 17.3 Å². The maximum atomic E-state index is 12.4. The van der Waals surface area contributed by atoms with Crippen molar-refractivity contribution in [3.05, 3.63) is 23.9 Å². The molecule has 1 aromatic rings. The highest BCUT2D eigenvalue weighted by atomic mass is 31.0. The molecule has 1 rings (SSSR count). The smallest absolute Gasteiger partial charge is 0.213 e. The highest BCUT2D eigenvalue weighted by Crippen LogP contribution is 2.10. The Morgan fingerprint density at radius 3 is 2.86 bits per heavy atom. The van der Waals surface area contributed by atoms with Gasteiger partial charge in [-0.05, 0) is 13.0 Å². The Hall–Kier alpha value is -1.02. The Labute approximate surface area is 83.9 Å². The molecule has 0 saturated carbocycles. The minimum absolute atomic E-state index is 0.0570. The fraction of sp³-hybridized carbons (Fsp3) is 0.333. The average Bonchev–Trinajstić information content (AvgIpc) is 2.15. The van der Waals surface area contributed by atoms with Crippen molar-refractivity contribution in [2.45, 2.75) is 12.8 Å². The van der Waals surface area contributed by atoms with E-state index in [-0.39, 0.29) is 12.4 Å². The van der Waals surface area contributed by atoms with Crippen LogP contribution in [-0.2, 0) is 0 Å². The van der Waals surface area contributed by atoms with E-state index < -0.39 is 5.91 Å². The molecule has 0 bridgehead atoms. The van der Waals surface area contributed by atoms with Crippen LogP contribution < -0.4 is 4.74 Å². The maximum absolute atomic E-state index is 12.4. The lowest BCUT2D eigenvalue weighted by Crippen LogP contribution is -2.06. The molecule has 3 nitrogen and oxygen atoms in total. The summed E-state index contributed by atoms with van der Waals surface area (Å²) in [6.45, 7) is 1.40. The van der Waals surface area contributed by atoms with Gasteiger partial charge < -0.3 is 4.74 Å². The Balaban J connectivity index is 2.60. The van der Waals surface area contributed by atoms with Crippen LogP contribution in [0.5, 0.6) is 5.88 Å². The zero-order valence-corrected chi connectivity index (χ0v) is 8.89. The Bertz CT molecular complexity index is 313. The molecule has 0 fully saturated rings. The topological polar surface area (TPSA) is 39.2 Å². The number of pyridine rings is 1. The first-order valence-electron chi connectivity index (χ1n) is 4.09. The molecule has 5 heteroatoms. The van der Waals surface area contributed by atoms with E-state index in [0.717, 1.165) is 0 Å². The van der Waals surface area contributed by atoms with Crippen LogP contribution in [0.4, 0.5) is 4.39 Å². The van der Waals surface area contributed by atoms with E-state index in [1.54, 1.807) is 12.1 Å². The van der Waals surface area contributed by atoms with Gasteiger partial charge in [0.2, 0.25) is 5.88 Å². The van der Waals surface area contributed by atoms with Crippen LogP contribution in [-0.4, -0.2) is 23.3 Å². The zero-order valence-electron chi connectivity index (χ0n) is 7.74. The molecule has 0 radical (unpaired) electrons. The largest absolute Gasteiger partial charge is 0.474 e. The summed E-state index contributed by atoms with van der Waals surface area (Å²) in [5.41, 5.74) is 0.514. The van der Waals surface area contributed by atoms with Crippen molar-refractivity contribution >= 4 is 15.0 Å². The number of aromatic nitrogens is 1. The van der Waals surface area contributed by atoms with Gasteiger partial charge in [0.25, 0.3) is 0 Å². The van der Waals surface area contributed by atoms with E-state index in [1.807, 2.05) is 9.24 Å². The summed E-state index contributed by atoms with van der Waals surface area (Å²) >= 11 is 0. The van der Waals surface area contributed by atoms with E-state index in [9.17, 15) is 9.18 Å². The maximum Gasteiger partial charge on any atom is 0.213 e. The monoisotopic (exact) mass is 215 g/mol. The van der Waals surface area contributed by atoms with E-state index in [0.29, 0.717) is 11.4 Å². The summed E-state index contributed by atoms with van der Waals surface area (Å²) in [6.07, 6.45) is 1.41. The predicted molar refractivity (Wildman–Crippen MR) is 54.3 cm³/mol. The third-order valence-electron chi connectivity index (χ3n) is 1.53. The van der Waals surface area contributed by atoms with Crippen molar-refractivity contribution in [3.63, 3.8) is 0 Å². The third kappa shape index (κ3) is 3.38. The number of carbonyl (C=O) groups excluding carboxylic acids is 1. The second-order valence-corrected chi connectivity index (χ2v) is 3.49. The van der Waals surface area contributed by atoms with Crippen molar-refractivity contribution in [1.29, 1.82) is 0 Å². The SMILES string of the molecule is CC(=O)c1ccc(OCC(F)P)nc1. The Morgan fingerprint density at radius 1 is 1.71 bits per heavy atom. The van der Waals surface area contributed by atoms with E-state index in [1.165, 1.54) is 13.1 Å². The normalized spacial score (nSPS) is 12.2. The highest BCUT2D eigenvalue weighted by molar-refractivity contribution is 7.17. The van der Waals surface area contributed by atoms with Gasteiger partial charge in [-0.3, -0.25) is 4.79 Å². The molecule has 14 heavy (non-hydrogen) atoms. The van der Waals surface area contributed by atoms with Crippen LogP contribution in [0.3, 0.4) is 0 Å². The van der Waals surface area contributed by atoms with Crippen LogP contribution in [0.2, 0.25) is 0 Å². The van der Waals surface area contributed by atoms with Gasteiger partial charge in [0.05, 0.1) is 0 Å². The quantitative estimate of drug-likeness (QED) is 0.568. The van der Waals surface area contributed by atoms with Crippen molar-refractivity contribution in [2.75, 3.05) is 6.61 Å².